The van der Waals surface area contributed by atoms with Crippen LogP contribution in [0.1, 0.15) is 21.5 Å². The molecule has 0 aliphatic carbocycles. The molecule has 170 valence electrons. The van der Waals surface area contributed by atoms with Crippen LogP contribution < -0.4 is 18.9 Å². The van der Waals surface area contributed by atoms with Crippen molar-refractivity contribution in [2.24, 2.45) is 0 Å². The Labute approximate surface area is 194 Å². The first-order chi connectivity index (χ1) is 16.5. The van der Waals surface area contributed by atoms with Crippen LogP contribution in [0.2, 0.25) is 0 Å². The summed E-state index contributed by atoms with van der Waals surface area (Å²) in [5.74, 6) is 1.61. The minimum absolute atomic E-state index is 0.0534. The summed E-state index contributed by atoms with van der Waals surface area (Å²) in [5, 5.41) is 20.5. The number of allylic oxidation sites excluding steroid dienone is 1. The number of methoxy groups -OCH3 is 1. The van der Waals surface area contributed by atoms with E-state index in [-0.39, 0.29) is 30.2 Å². The molecule has 4 rings (SSSR count). The molecule has 0 N–H and O–H groups in total. The molecule has 0 saturated heterocycles. The number of rotatable bonds is 8. The Bertz CT molecular complexity index is 1340. The first-order valence-electron chi connectivity index (χ1n) is 10.1. The van der Waals surface area contributed by atoms with Gasteiger partial charge in [0, 0.05) is 17.7 Å². The molecule has 0 amide bonds. The molecule has 34 heavy (non-hydrogen) atoms. The van der Waals surface area contributed by atoms with Crippen molar-refractivity contribution < 1.29 is 28.7 Å². The van der Waals surface area contributed by atoms with Crippen LogP contribution in [0.25, 0.3) is 6.08 Å². The number of non-ortho nitro benzene ring substituents is 1. The van der Waals surface area contributed by atoms with Crippen molar-refractivity contribution in [2.75, 3.05) is 13.9 Å². The molecule has 0 atom stereocenters. The number of ketones is 1. The van der Waals surface area contributed by atoms with Gasteiger partial charge in [0.15, 0.2) is 23.0 Å². The Kier molecular flexibility index (Phi) is 6.41. The van der Waals surface area contributed by atoms with E-state index in [0.29, 0.717) is 28.6 Å². The molecule has 0 fully saturated rings. The van der Waals surface area contributed by atoms with Crippen molar-refractivity contribution >= 4 is 17.5 Å². The van der Waals surface area contributed by atoms with Crippen LogP contribution in [0.3, 0.4) is 0 Å². The minimum atomic E-state index is -0.617. The summed E-state index contributed by atoms with van der Waals surface area (Å²) in [6, 6.07) is 17.6. The van der Waals surface area contributed by atoms with Gasteiger partial charge in [0.2, 0.25) is 12.6 Å². The van der Waals surface area contributed by atoms with Crippen LogP contribution in [0.4, 0.5) is 5.69 Å². The number of Topliss-reactive ketones (excluding diaryl/α,β-unsaturated/α-hetero) is 1. The number of carbonyl (C=O) groups excluding carboxylic acids is 1. The third-order valence-electron chi connectivity index (χ3n) is 5.01. The molecule has 9 nitrogen and oxygen atoms in total. The monoisotopic (exact) mass is 458 g/mol. The Morgan fingerprint density at radius 1 is 1.12 bits per heavy atom. The molecular weight excluding hydrogens is 440 g/mol. The fourth-order valence-corrected chi connectivity index (χ4v) is 3.32. The van der Waals surface area contributed by atoms with E-state index in [4.69, 9.17) is 18.9 Å². The molecule has 0 bridgehead atoms. The van der Waals surface area contributed by atoms with Gasteiger partial charge in [-0.05, 0) is 41.5 Å². The van der Waals surface area contributed by atoms with Crippen LogP contribution in [-0.2, 0) is 6.61 Å². The van der Waals surface area contributed by atoms with Crippen molar-refractivity contribution in [3.63, 3.8) is 0 Å². The second-order valence-electron chi connectivity index (χ2n) is 7.19. The van der Waals surface area contributed by atoms with E-state index in [1.165, 1.54) is 31.4 Å². The number of hydrogen-bond donors (Lipinski definition) is 0. The maximum Gasteiger partial charge on any atom is 0.270 e. The third-order valence-corrected chi connectivity index (χ3v) is 5.01. The molecule has 0 saturated carbocycles. The molecule has 9 heteroatoms. The van der Waals surface area contributed by atoms with Crippen LogP contribution >= 0.6 is 0 Å². The van der Waals surface area contributed by atoms with Gasteiger partial charge in [0.1, 0.15) is 18.2 Å². The Hall–Kier alpha value is -4.84. The predicted octanol–water partition coefficient (Wildman–Crippen LogP) is 4.70. The zero-order valence-electron chi connectivity index (χ0n) is 18.0. The Balaban J connectivity index is 1.52. The average Bonchev–Trinajstić information content (AvgIpc) is 3.34. The van der Waals surface area contributed by atoms with E-state index < -0.39 is 10.7 Å². The van der Waals surface area contributed by atoms with Crippen molar-refractivity contribution in [3.05, 3.63) is 93.0 Å². The number of carbonyl (C=O) groups is 1. The van der Waals surface area contributed by atoms with Crippen molar-refractivity contribution in [3.8, 4) is 29.1 Å². The smallest absolute Gasteiger partial charge is 0.270 e. The topological polar surface area (TPSA) is 121 Å². The molecule has 3 aromatic rings. The molecule has 0 aromatic heterocycles. The van der Waals surface area contributed by atoms with Gasteiger partial charge in [-0.15, -0.1) is 0 Å². The van der Waals surface area contributed by atoms with E-state index in [0.717, 1.165) is 11.6 Å². The minimum Gasteiger partial charge on any atom is -0.493 e. The van der Waals surface area contributed by atoms with E-state index >= 15 is 0 Å². The predicted molar refractivity (Wildman–Crippen MR) is 121 cm³/mol. The van der Waals surface area contributed by atoms with E-state index in [9.17, 15) is 20.2 Å². The summed E-state index contributed by atoms with van der Waals surface area (Å²) in [5.41, 5.74) is 1.06. The number of nitriles is 1. The van der Waals surface area contributed by atoms with Gasteiger partial charge in [0.25, 0.3) is 5.69 Å². The van der Waals surface area contributed by atoms with E-state index in [1.54, 1.807) is 18.2 Å². The van der Waals surface area contributed by atoms with E-state index in [2.05, 4.69) is 0 Å². The molecule has 3 aromatic carbocycles. The lowest BCUT2D eigenvalue weighted by Crippen LogP contribution is -2.03. The fraction of sp³-hybridized carbons (Fsp3) is 0.120. The zero-order chi connectivity index (χ0) is 24.1. The highest BCUT2D eigenvalue weighted by molar-refractivity contribution is 6.14. The van der Waals surface area contributed by atoms with Crippen molar-refractivity contribution in [1.82, 2.24) is 0 Å². The van der Waals surface area contributed by atoms with Crippen LogP contribution in [0, 0.1) is 21.4 Å². The lowest BCUT2D eigenvalue weighted by molar-refractivity contribution is -0.384. The normalized spacial score (nSPS) is 12.1. The van der Waals surface area contributed by atoms with Gasteiger partial charge in [0.05, 0.1) is 12.0 Å². The highest BCUT2D eigenvalue weighted by atomic mass is 16.7. The summed E-state index contributed by atoms with van der Waals surface area (Å²) in [7, 11) is 1.48. The average molecular weight is 458 g/mol. The maximum absolute atomic E-state index is 12.7. The largest absolute Gasteiger partial charge is 0.493 e. The third kappa shape index (κ3) is 4.81. The second-order valence-corrected chi connectivity index (χ2v) is 7.19. The first kappa shape index (κ1) is 22.4. The number of nitro groups is 1. The summed E-state index contributed by atoms with van der Waals surface area (Å²) in [6.07, 6.45) is 1.39. The molecule has 1 aliphatic heterocycles. The van der Waals surface area contributed by atoms with Gasteiger partial charge in [-0.1, -0.05) is 24.3 Å². The van der Waals surface area contributed by atoms with Gasteiger partial charge in [-0.2, -0.15) is 5.26 Å². The lowest BCUT2D eigenvalue weighted by atomic mass is 10.0. The highest BCUT2D eigenvalue weighted by Crippen LogP contribution is 2.34. The number of hydrogen-bond acceptors (Lipinski definition) is 8. The zero-order valence-corrected chi connectivity index (χ0v) is 18.0. The van der Waals surface area contributed by atoms with Crippen LogP contribution in [0.15, 0.2) is 66.2 Å². The molecule has 0 unspecified atom stereocenters. The number of fused-ring (bicyclic) bond motifs is 1. The van der Waals surface area contributed by atoms with Crippen molar-refractivity contribution in [1.29, 1.82) is 5.26 Å². The number of benzene rings is 3. The lowest BCUT2D eigenvalue weighted by Gasteiger charge is -2.12. The van der Waals surface area contributed by atoms with Gasteiger partial charge in [-0.25, -0.2) is 0 Å². The summed E-state index contributed by atoms with van der Waals surface area (Å²) in [6.45, 7) is 0.452. The quantitative estimate of drug-likeness (QED) is 0.157. The first-order valence-corrected chi connectivity index (χ1v) is 10.1. The van der Waals surface area contributed by atoms with E-state index in [1.807, 2.05) is 24.3 Å². The second kappa shape index (κ2) is 9.75. The Morgan fingerprint density at radius 3 is 2.71 bits per heavy atom. The number of nitrogens with zero attached hydrogens (tertiary/aromatic N) is 2. The Morgan fingerprint density at radius 2 is 1.94 bits per heavy atom. The number of ether oxygens (including phenoxy) is 4. The molecule has 0 spiro atoms. The van der Waals surface area contributed by atoms with Gasteiger partial charge in [-0.3, -0.25) is 14.9 Å². The van der Waals surface area contributed by atoms with Crippen molar-refractivity contribution in [2.45, 2.75) is 6.61 Å². The molecule has 1 aliphatic rings. The van der Waals surface area contributed by atoms with Gasteiger partial charge >= 0.3 is 0 Å². The van der Waals surface area contributed by atoms with Crippen LogP contribution in [-0.4, -0.2) is 24.6 Å². The molecule has 1 heterocycles. The fourth-order valence-electron chi connectivity index (χ4n) is 3.32. The SMILES string of the molecule is COc1cc(/C=C(\C#N)C(=O)c2cccc([N+](=O)[O-])c2)ccc1OCc1ccc2c(c1)OCO2. The maximum atomic E-state index is 12.7. The molecule has 0 radical (unpaired) electrons. The van der Waals surface area contributed by atoms with Gasteiger partial charge < -0.3 is 18.9 Å². The molecular formula is C25H18N2O7. The summed E-state index contributed by atoms with van der Waals surface area (Å²) in [4.78, 5) is 23.1. The highest BCUT2D eigenvalue weighted by Gasteiger charge is 2.17. The summed E-state index contributed by atoms with van der Waals surface area (Å²) >= 11 is 0. The number of nitro benzene ring substituents is 1. The summed E-state index contributed by atoms with van der Waals surface area (Å²) < 4.78 is 22.0. The standard InChI is InChI=1S/C25H18N2O7/c1-31-23-10-16(9-19(13-26)25(28)18-3-2-4-20(12-18)27(29)30)5-7-21(23)32-14-17-6-8-22-24(11-17)34-15-33-22/h2-12H,14-15H2,1H3/b19-9+. The van der Waals surface area contributed by atoms with Crippen LogP contribution in [0.5, 0.6) is 23.0 Å².